The first-order valence-corrected chi connectivity index (χ1v) is 11.2. The maximum Gasteiger partial charge on any atom is 0.142 e. The van der Waals surface area contributed by atoms with Crippen LogP contribution in [0.3, 0.4) is 0 Å². The third-order valence-electron chi connectivity index (χ3n) is 6.50. The van der Waals surface area contributed by atoms with Crippen molar-refractivity contribution in [2.45, 2.75) is 49.3 Å². The highest BCUT2D eigenvalue weighted by atomic mass is 16.6. The number of rotatable bonds is 9. The molecule has 10 heteroatoms. The Labute approximate surface area is 184 Å². The van der Waals surface area contributed by atoms with Gasteiger partial charge in [-0.15, -0.1) is 0 Å². The summed E-state index contributed by atoms with van der Waals surface area (Å²) in [5.41, 5.74) is 7.46. The van der Waals surface area contributed by atoms with Crippen LogP contribution >= 0.6 is 0 Å². The van der Waals surface area contributed by atoms with Gasteiger partial charge in [0.05, 0.1) is 25.0 Å². The third-order valence-corrected chi connectivity index (χ3v) is 6.50. The van der Waals surface area contributed by atoms with Gasteiger partial charge in [-0.05, 0) is 25.6 Å². The highest BCUT2D eigenvalue weighted by Gasteiger charge is 2.51. The molecule has 0 amide bonds. The molecule has 3 saturated heterocycles. The van der Waals surface area contributed by atoms with Crippen molar-refractivity contribution < 1.29 is 14.9 Å². The Balaban J connectivity index is 1.20. The molecule has 3 aliphatic rings. The summed E-state index contributed by atoms with van der Waals surface area (Å²) in [5.74, 6) is 0. The van der Waals surface area contributed by atoms with Crippen LogP contribution in [0.15, 0.2) is 30.3 Å². The van der Waals surface area contributed by atoms with E-state index in [1.807, 2.05) is 18.0 Å². The summed E-state index contributed by atoms with van der Waals surface area (Å²) in [7, 11) is 2.01. The summed E-state index contributed by atoms with van der Waals surface area (Å²) in [5, 5.41) is 34.6. The fourth-order valence-corrected chi connectivity index (χ4v) is 4.68. The number of nitrogens with two attached hydrogens (primary N) is 1. The maximum absolute atomic E-state index is 10.7. The topological polar surface area (TPSA) is 130 Å². The van der Waals surface area contributed by atoms with E-state index >= 15 is 0 Å². The summed E-state index contributed by atoms with van der Waals surface area (Å²) < 4.78 is 6.13. The average molecular weight is 436 g/mol. The second kappa shape index (κ2) is 10.6. The van der Waals surface area contributed by atoms with Gasteiger partial charge in [-0.25, -0.2) is 4.90 Å². The molecule has 0 aliphatic carbocycles. The Morgan fingerprint density at radius 1 is 1.16 bits per heavy atom. The molecule has 0 aromatic heterocycles. The van der Waals surface area contributed by atoms with Gasteiger partial charge in [-0.3, -0.25) is 16.0 Å². The lowest BCUT2D eigenvalue weighted by Gasteiger charge is -2.38. The molecule has 0 saturated carbocycles. The van der Waals surface area contributed by atoms with E-state index < -0.39 is 24.5 Å². The number of aliphatic hydroxyl groups is 2. The first kappa shape index (κ1) is 23.0. The SMILES string of the molecule is CN(CCNCCc1ccccc1)C[C@H]1O[C@@H](N2CNC3C(N)NCNC32)[C@H](O)[C@@H]1O. The number of likely N-dealkylation sites (N-methyl/N-ethyl adjacent to an activating group) is 1. The van der Waals surface area contributed by atoms with Crippen LogP contribution in [0.2, 0.25) is 0 Å². The Kier molecular flexibility index (Phi) is 7.88. The minimum Gasteiger partial charge on any atom is -0.387 e. The van der Waals surface area contributed by atoms with E-state index in [1.54, 1.807) is 0 Å². The second-order valence-electron chi connectivity index (χ2n) is 8.75. The number of nitrogens with zero attached hydrogens (tertiary/aromatic N) is 2. The molecule has 7 atom stereocenters. The highest BCUT2D eigenvalue weighted by molar-refractivity contribution is 5.14. The van der Waals surface area contributed by atoms with Gasteiger partial charge in [0.15, 0.2) is 0 Å². The average Bonchev–Trinajstić information content (AvgIpc) is 3.32. The number of nitrogens with one attached hydrogen (secondary N) is 4. The quantitative estimate of drug-likeness (QED) is 0.204. The Hall–Kier alpha value is -1.18. The minimum absolute atomic E-state index is 0.0189. The molecule has 3 unspecified atom stereocenters. The van der Waals surface area contributed by atoms with Crippen LogP contribution in [-0.2, 0) is 11.2 Å². The zero-order valence-corrected chi connectivity index (χ0v) is 18.2. The molecule has 1 aromatic carbocycles. The highest BCUT2D eigenvalue weighted by Crippen LogP contribution is 2.28. The van der Waals surface area contributed by atoms with Crippen LogP contribution in [0.1, 0.15) is 5.56 Å². The lowest BCUT2D eigenvalue weighted by Crippen LogP contribution is -2.68. The number of benzene rings is 1. The fourth-order valence-electron chi connectivity index (χ4n) is 4.68. The lowest BCUT2D eigenvalue weighted by atomic mass is 10.1. The van der Waals surface area contributed by atoms with Crippen molar-refractivity contribution in [1.82, 2.24) is 31.1 Å². The van der Waals surface area contributed by atoms with Gasteiger partial charge in [0.25, 0.3) is 0 Å². The van der Waals surface area contributed by atoms with Crippen LogP contribution in [0.25, 0.3) is 0 Å². The molecule has 0 spiro atoms. The van der Waals surface area contributed by atoms with E-state index in [-0.39, 0.29) is 18.4 Å². The molecule has 31 heavy (non-hydrogen) atoms. The molecule has 3 fully saturated rings. The smallest absolute Gasteiger partial charge is 0.142 e. The van der Waals surface area contributed by atoms with Crippen molar-refractivity contribution in [3.63, 3.8) is 0 Å². The van der Waals surface area contributed by atoms with Gasteiger partial charge in [0, 0.05) is 26.3 Å². The maximum atomic E-state index is 10.7. The van der Waals surface area contributed by atoms with Gasteiger partial charge in [-0.2, -0.15) is 0 Å². The first-order valence-electron chi connectivity index (χ1n) is 11.2. The number of hydrogen-bond donors (Lipinski definition) is 7. The van der Waals surface area contributed by atoms with E-state index in [9.17, 15) is 10.2 Å². The molecule has 4 rings (SSSR count). The largest absolute Gasteiger partial charge is 0.387 e. The van der Waals surface area contributed by atoms with Crippen LogP contribution in [0, 0.1) is 0 Å². The molecular weight excluding hydrogens is 398 g/mol. The first-order chi connectivity index (χ1) is 15.0. The van der Waals surface area contributed by atoms with E-state index in [4.69, 9.17) is 10.5 Å². The van der Waals surface area contributed by atoms with E-state index in [0.717, 1.165) is 26.1 Å². The van der Waals surface area contributed by atoms with Crippen molar-refractivity contribution in [2.24, 2.45) is 5.73 Å². The van der Waals surface area contributed by atoms with Crippen LogP contribution in [0.5, 0.6) is 0 Å². The van der Waals surface area contributed by atoms with Crippen LogP contribution in [0.4, 0.5) is 0 Å². The van der Waals surface area contributed by atoms with Crippen LogP contribution < -0.4 is 27.0 Å². The van der Waals surface area contributed by atoms with Gasteiger partial charge in [-0.1, -0.05) is 30.3 Å². The number of aliphatic hydroxyl groups excluding tert-OH is 2. The predicted octanol–water partition coefficient (Wildman–Crippen LogP) is -2.81. The molecule has 0 bridgehead atoms. The normalized spacial score (nSPS) is 36.2. The molecule has 0 radical (unpaired) electrons. The van der Waals surface area contributed by atoms with Crippen molar-refractivity contribution in [3.05, 3.63) is 35.9 Å². The molecule has 10 nitrogen and oxygen atoms in total. The van der Waals surface area contributed by atoms with Crippen molar-refractivity contribution in [2.75, 3.05) is 46.6 Å². The minimum atomic E-state index is -0.962. The summed E-state index contributed by atoms with van der Waals surface area (Å²) in [6.45, 7) is 4.30. The fraction of sp³-hybridized carbons (Fsp3) is 0.714. The van der Waals surface area contributed by atoms with Gasteiger partial charge >= 0.3 is 0 Å². The number of hydrogen-bond acceptors (Lipinski definition) is 10. The van der Waals surface area contributed by atoms with E-state index in [2.05, 4.69) is 50.4 Å². The Bertz CT molecular complexity index is 684. The summed E-state index contributed by atoms with van der Waals surface area (Å²) in [4.78, 5) is 4.15. The molecule has 3 heterocycles. The molecule has 8 N–H and O–H groups in total. The second-order valence-corrected chi connectivity index (χ2v) is 8.75. The molecule has 1 aromatic rings. The zero-order chi connectivity index (χ0) is 21.8. The van der Waals surface area contributed by atoms with Crippen molar-refractivity contribution in [3.8, 4) is 0 Å². The van der Waals surface area contributed by atoms with Gasteiger partial charge in [0.2, 0.25) is 0 Å². The summed E-state index contributed by atoms with van der Waals surface area (Å²) >= 11 is 0. The van der Waals surface area contributed by atoms with Crippen molar-refractivity contribution >= 4 is 0 Å². The Morgan fingerprint density at radius 3 is 2.77 bits per heavy atom. The predicted molar refractivity (Wildman–Crippen MR) is 118 cm³/mol. The number of fused-ring (bicyclic) bond motifs is 1. The molecule has 174 valence electrons. The lowest BCUT2D eigenvalue weighted by molar-refractivity contribution is -0.106. The van der Waals surface area contributed by atoms with Gasteiger partial charge in [0.1, 0.15) is 24.5 Å². The summed E-state index contributed by atoms with van der Waals surface area (Å²) in [6, 6.07) is 10.4. The van der Waals surface area contributed by atoms with Gasteiger partial charge < -0.3 is 30.9 Å². The van der Waals surface area contributed by atoms with E-state index in [0.29, 0.717) is 19.9 Å². The van der Waals surface area contributed by atoms with E-state index in [1.165, 1.54) is 5.56 Å². The van der Waals surface area contributed by atoms with Crippen LogP contribution in [-0.4, -0.2) is 109 Å². The molecular formula is C21H37N7O3. The summed E-state index contributed by atoms with van der Waals surface area (Å²) in [6.07, 6.45) is -2.11. The third kappa shape index (κ3) is 5.42. The Morgan fingerprint density at radius 2 is 1.97 bits per heavy atom. The van der Waals surface area contributed by atoms with Crippen molar-refractivity contribution in [1.29, 1.82) is 0 Å². The number of ether oxygens (including phenoxy) is 1. The standard InChI is InChI=1S/C21H37N7O3/c1-27(10-9-23-8-7-14-5-3-2-4-6-14)11-15-17(29)18(30)21(31-15)28-13-26-16-19(22)24-12-25-20(16)28/h2-6,15-21,23-26,29-30H,7-13,22H2,1H3/t15-,16?,17-,18-,19?,20?,21-/m1/s1. The molecule has 3 aliphatic heterocycles. The zero-order valence-electron chi connectivity index (χ0n) is 18.2. The monoisotopic (exact) mass is 435 g/mol.